The normalized spacial score (nSPS) is 10.8. The molecule has 4 heteroatoms. The number of hydrogen-bond donors (Lipinski definition) is 1. The van der Waals surface area contributed by atoms with Gasteiger partial charge in [0.2, 0.25) is 0 Å². The summed E-state index contributed by atoms with van der Waals surface area (Å²) < 4.78 is 18.3. The first-order valence-corrected chi connectivity index (χ1v) is 6.05. The van der Waals surface area contributed by atoms with Crippen LogP contribution in [0.2, 0.25) is 0 Å². The summed E-state index contributed by atoms with van der Waals surface area (Å²) in [5.41, 5.74) is 3.08. The molecule has 0 aliphatic heterocycles. The molecule has 0 atom stereocenters. The first kappa shape index (κ1) is 11.7. The van der Waals surface area contributed by atoms with Crippen molar-refractivity contribution in [1.82, 2.24) is 9.97 Å². The number of rotatable bonds is 3. The number of nitrogens with one attached hydrogen (secondary N) is 1. The van der Waals surface area contributed by atoms with Crippen molar-refractivity contribution in [2.75, 3.05) is 0 Å². The molecule has 3 aromatic rings. The summed E-state index contributed by atoms with van der Waals surface area (Å²) in [5.74, 6) is 1.11. The SMILES string of the molecule is Cc1cccc2[nH]c(COc3ccc(F)cc3)nc12. The minimum Gasteiger partial charge on any atom is -0.486 e. The standard InChI is InChI=1S/C15H13FN2O/c1-10-3-2-4-13-15(10)18-14(17-13)9-19-12-7-5-11(16)6-8-12/h2-8H,9H2,1H3,(H,17,18). The fraction of sp³-hybridized carbons (Fsp3) is 0.133. The maximum Gasteiger partial charge on any atom is 0.146 e. The van der Waals surface area contributed by atoms with Crippen molar-refractivity contribution in [2.24, 2.45) is 0 Å². The molecule has 0 amide bonds. The van der Waals surface area contributed by atoms with E-state index in [1.807, 2.05) is 25.1 Å². The molecule has 3 nitrogen and oxygen atoms in total. The van der Waals surface area contributed by atoms with Gasteiger partial charge in [0.05, 0.1) is 11.0 Å². The Balaban J connectivity index is 1.78. The average molecular weight is 256 g/mol. The van der Waals surface area contributed by atoms with E-state index >= 15 is 0 Å². The number of nitrogens with zero attached hydrogens (tertiary/aromatic N) is 1. The summed E-state index contributed by atoms with van der Waals surface area (Å²) in [6.45, 7) is 2.35. The number of aromatic amines is 1. The van der Waals surface area contributed by atoms with Crippen LogP contribution in [0.15, 0.2) is 42.5 Å². The van der Waals surface area contributed by atoms with E-state index in [0.29, 0.717) is 12.4 Å². The van der Waals surface area contributed by atoms with Gasteiger partial charge in [-0.15, -0.1) is 0 Å². The van der Waals surface area contributed by atoms with Crippen molar-refractivity contribution in [3.8, 4) is 5.75 Å². The highest BCUT2D eigenvalue weighted by atomic mass is 19.1. The molecule has 2 aromatic carbocycles. The van der Waals surface area contributed by atoms with Crippen LogP contribution in [0.1, 0.15) is 11.4 Å². The van der Waals surface area contributed by atoms with Crippen LogP contribution in [0, 0.1) is 12.7 Å². The molecule has 1 N–H and O–H groups in total. The Morgan fingerprint density at radius 2 is 1.95 bits per heavy atom. The lowest BCUT2D eigenvalue weighted by Gasteiger charge is -2.03. The molecule has 0 aliphatic carbocycles. The first-order valence-electron chi connectivity index (χ1n) is 6.05. The Morgan fingerprint density at radius 1 is 1.16 bits per heavy atom. The molecule has 0 unspecified atom stereocenters. The lowest BCUT2D eigenvalue weighted by Crippen LogP contribution is -1.97. The highest BCUT2D eigenvalue weighted by Gasteiger charge is 2.05. The maximum atomic E-state index is 12.8. The molecule has 96 valence electrons. The van der Waals surface area contributed by atoms with Crippen LogP contribution in [0.25, 0.3) is 11.0 Å². The largest absolute Gasteiger partial charge is 0.486 e. The molecular formula is C15H13FN2O. The second kappa shape index (κ2) is 4.72. The number of halogens is 1. The minimum atomic E-state index is -0.272. The Labute approximate surface area is 110 Å². The summed E-state index contributed by atoms with van der Waals surface area (Å²) in [6, 6.07) is 11.9. The van der Waals surface area contributed by atoms with Crippen molar-refractivity contribution in [3.63, 3.8) is 0 Å². The Kier molecular flexibility index (Phi) is 2.91. The van der Waals surface area contributed by atoms with Crippen LogP contribution in [-0.4, -0.2) is 9.97 Å². The van der Waals surface area contributed by atoms with Gasteiger partial charge in [-0.3, -0.25) is 0 Å². The van der Waals surface area contributed by atoms with Crippen LogP contribution >= 0.6 is 0 Å². The molecule has 0 saturated heterocycles. The van der Waals surface area contributed by atoms with Crippen molar-refractivity contribution in [3.05, 3.63) is 59.7 Å². The Morgan fingerprint density at radius 3 is 2.68 bits per heavy atom. The van der Waals surface area contributed by atoms with E-state index in [9.17, 15) is 4.39 Å². The van der Waals surface area contributed by atoms with Crippen LogP contribution in [0.3, 0.4) is 0 Å². The summed E-state index contributed by atoms with van der Waals surface area (Å²) in [7, 11) is 0. The first-order chi connectivity index (χ1) is 9.22. The van der Waals surface area contributed by atoms with Gasteiger partial charge in [-0.1, -0.05) is 12.1 Å². The highest BCUT2D eigenvalue weighted by molar-refractivity contribution is 5.78. The van der Waals surface area contributed by atoms with Gasteiger partial charge in [0.25, 0.3) is 0 Å². The molecule has 0 radical (unpaired) electrons. The number of hydrogen-bond acceptors (Lipinski definition) is 2. The summed E-state index contributed by atoms with van der Waals surface area (Å²) in [5, 5.41) is 0. The lowest BCUT2D eigenvalue weighted by molar-refractivity contribution is 0.297. The van der Waals surface area contributed by atoms with Crippen LogP contribution in [0.4, 0.5) is 4.39 Å². The van der Waals surface area contributed by atoms with E-state index in [1.165, 1.54) is 12.1 Å². The zero-order valence-corrected chi connectivity index (χ0v) is 10.5. The molecule has 1 heterocycles. The van der Waals surface area contributed by atoms with E-state index in [1.54, 1.807) is 12.1 Å². The fourth-order valence-corrected chi connectivity index (χ4v) is 1.98. The summed E-state index contributed by atoms with van der Waals surface area (Å²) >= 11 is 0. The van der Waals surface area contributed by atoms with Crippen molar-refractivity contribution in [1.29, 1.82) is 0 Å². The average Bonchev–Trinajstić information content (AvgIpc) is 2.83. The van der Waals surface area contributed by atoms with Crippen molar-refractivity contribution < 1.29 is 9.13 Å². The van der Waals surface area contributed by atoms with Gasteiger partial charge in [-0.2, -0.15) is 0 Å². The second-order valence-electron chi connectivity index (χ2n) is 4.40. The zero-order chi connectivity index (χ0) is 13.2. The van der Waals surface area contributed by atoms with Crippen LogP contribution in [-0.2, 0) is 6.61 Å². The molecule has 0 spiro atoms. The quantitative estimate of drug-likeness (QED) is 0.777. The molecule has 3 rings (SSSR count). The Hall–Kier alpha value is -2.36. The van der Waals surface area contributed by atoms with Gasteiger partial charge in [-0.25, -0.2) is 9.37 Å². The topological polar surface area (TPSA) is 37.9 Å². The van der Waals surface area contributed by atoms with E-state index in [-0.39, 0.29) is 5.82 Å². The van der Waals surface area contributed by atoms with Gasteiger partial charge in [0.15, 0.2) is 0 Å². The van der Waals surface area contributed by atoms with E-state index in [2.05, 4.69) is 9.97 Å². The van der Waals surface area contributed by atoms with Crippen LogP contribution in [0.5, 0.6) is 5.75 Å². The highest BCUT2D eigenvalue weighted by Crippen LogP contribution is 2.17. The van der Waals surface area contributed by atoms with Crippen molar-refractivity contribution >= 4 is 11.0 Å². The monoisotopic (exact) mass is 256 g/mol. The number of aryl methyl sites for hydroxylation is 1. The number of benzene rings is 2. The molecule has 0 bridgehead atoms. The predicted octanol–water partition coefficient (Wildman–Crippen LogP) is 3.59. The minimum absolute atomic E-state index is 0.272. The molecule has 0 saturated carbocycles. The second-order valence-corrected chi connectivity index (χ2v) is 4.40. The van der Waals surface area contributed by atoms with Gasteiger partial charge >= 0.3 is 0 Å². The third-order valence-corrected chi connectivity index (χ3v) is 2.95. The van der Waals surface area contributed by atoms with Gasteiger partial charge in [0.1, 0.15) is 24.0 Å². The van der Waals surface area contributed by atoms with E-state index in [4.69, 9.17) is 4.74 Å². The number of para-hydroxylation sites is 1. The maximum absolute atomic E-state index is 12.8. The van der Waals surface area contributed by atoms with Gasteiger partial charge < -0.3 is 9.72 Å². The molecule has 0 fully saturated rings. The number of fused-ring (bicyclic) bond motifs is 1. The third kappa shape index (κ3) is 2.42. The molecule has 0 aliphatic rings. The fourth-order valence-electron chi connectivity index (χ4n) is 1.98. The van der Waals surface area contributed by atoms with Gasteiger partial charge in [-0.05, 0) is 42.8 Å². The molecule has 19 heavy (non-hydrogen) atoms. The number of H-pyrrole nitrogens is 1. The summed E-state index contributed by atoms with van der Waals surface area (Å²) in [6.07, 6.45) is 0. The smallest absolute Gasteiger partial charge is 0.146 e. The van der Waals surface area contributed by atoms with E-state index in [0.717, 1.165) is 22.4 Å². The lowest BCUT2D eigenvalue weighted by atomic mass is 10.2. The van der Waals surface area contributed by atoms with E-state index < -0.39 is 0 Å². The van der Waals surface area contributed by atoms with Crippen LogP contribution < -0.4 is 4.74 Å². The predicted molar refractivity (Wildman–Crippen MR) is 71.6 cm³/mol. The Bertz CT molecular complexity index is 704. The number of imidazole rings is 1. The zero-order valence-electron chi connectivity index (χ0n) is 10.5. The number of ether oxygens (including phenoxy) is 1. The van der Waals surface area contributed by atoms with Gasteiger partial charge in [0, 0.05) is 0 Å². The summed E-state index contributed by atoms with van der Waals surface area (Å²) in [4.78, 5) is 7.70. The molecular weight excluding hydrogens is 243 g/mol. The van der Waals surface area contributed by atoms with Crippen molar-refractivity contribution in [2.45, 2.75) is 13.5 Å². The number of aromatic nitrogens is 2. The molecule has 1 aromatic heterocycles. The third-order valence-electron chi connectivity index (χ3n) is 2.95.